The molecule has 0 radical (unpaired) electrons. The van der Waals surface area contributed by atoms with Crippen LogP contribution in [0.3, 0.4) is 0 Å². The van der Waals surface area contributed by atoms with Crippen molar-refractivity contribution in [3.63, 3.8) is 0 Å². The van der Waals surface area contributed by atoms with E-state index in [0.717, 1.165) is 16.9 Å². The minimum absolute atomic E-state index is 0.296. The van der Waals surface area contributed by atoms with E-state index in [1.807, 2.05) is 24.3 Å². The number of benzene rings is 1. The number of halogens is 1. The quantitative estimate of drug-likeness (QED) is 0.492. The first-order valence-electron chi connectivity index (χ1n) is 7.87. The molecule has 8 heteroatoms. The Hall–Kier alpha value is -3.19. The number of nitrogen functional groups attached to an aromatic ring is 2. The third kappa shape index (κ3) is 4.25. The lowest BCUT2D eigenvalue weighted by Gasteiger charge is -2.16. The molecule has 0 amide bonds. The van der Waals surface area contributed by atoms with Crippen molar-refractivity contribution < 1.29 is 4.74 Å². The number of nitrogens with zero attached hydrogens (tertiary/aromatic N) is 2. The van der Waals surface area contributed by atoms with Gasteiger partial charge in [0.15, 0.2) is 5.82 Å². The highest BCUT2D eigenvalue weighted by molar-refractivity contribution is 6.30. The van der Waals surface area contributed by atoms with E-state index in [-0.39, 0.29) is 0 Å². The standard InChI is InChI=1S/C18H19ClN6O/c1-26-16-4-2-3-14(22-16)9-11-10-15(20)23-18(21)17(11)25-24-13-7-5-12(19)6-8-13/h2-8,10,24-25H,9H2,1H3,(H4,20,21,23). The van der Waals surface area contributed by atoms with Crippen LogP contribution in [-0.4, -0.2) is 17.1 Å². The highest BCUT2D eigenvalue weighted by atomic mass is 35.5. The Kier molecular flexibility index (Phi) is 5.28. The van der Waals surface area contributed by atoms with Gasteiger partial charge < -0.3 is 21.6 Å². The minimum Gasteiger partial charge on any atom is -0.481 e. The van der Waals surface area contributed by atoms with Gasteiger partial charge in [-0.25, -0.2) is 9.97 Å². The molecule has 0 aliphatic carbocycles. The number of nitrogens with one attached hydrogen (secondary N) is 2. The van der Waals surface area contributed by atoms with Crippen LogP contribution in [-0.2, 0) is 6.42 Å². The molecular formula is C18H19ClN6O. The molecule has 1 aromatic carbocycles. The van der Waals surface area contributed by atoms with Crippen molar-refractivity contribution in [2.45, 2.75) is 6.42 Å². The van der Waals surface area contributed by atoms with E-state index in [0.29, 0.717) is 34.6 Å². The second-order valence-corrected chi connectivity index (χ2v) is 6.01. The molecule has 0 saturated heterocycles. The van der Waals surface area contributed by atoms with Gasteiger partial charge in [0, 0.05) is 23.2 Å². The average Bonchev–Trinajstić information content (AvgIpc) is 2.62. The van der Waals surface area contributed by atoms with Gasteiger partial charge in [-0.05, 0) is 42.0 Å². The Morgan fingerprint density at radius 2 is 1.81 bits per heavy atom. The summed E-state index contributed by atoms with van der Waals surface area (Å²) in [6.07, 6.45) is 0.513. The number of rotatable bonds is 6. The molecular weight excluding hydrogens is 352 g/mol. The molecule has 0 spiro atoms. The van der Waals surface area contributed by atoms with Crippen LogP contribution in [0.25, 0.3) is 0 Å². The lowest BCUT2D eigenvalue weighted by Crippen LogP contribution is -2.14. The minimum atomic E-state index is 0.296. The molecule has 0 aliphatic heterocycles. The first-order valence-corrected chi connectivity index (χ1v) is 8.25. The van der Waals surface area contributed by atoms with Gasteiger partial charge in [-0.2, -0.15) is 0 Å². The first-order chi connectivity index (χ1) is 12.5. The fourth-order valence-electron chi connectivity index (χ4n) is 2.46. The Balaban J connectivity index is 1.85. The average molecular weight is 371 g/mol. The molecule has 0 unspecified atom stereocenters. The van der Waals surface area contributed by atoms with Crippen LogP contribution in [0.5, 0.6) is 5.88 Å². The van der Waals surface area contributed by atoms with Gasteiger partial charge in [0.2, 0.25) is 5.88 Å². The highest BCUT2D eigenvalue weighted by Crippen LogP contribution is 2.27. The summed E-state index contributed by atoms with van der Waals surface area (Å²) < 4.78 is 5.17. The van der Waals surface area contributed by atoms with E-state index in [9.17, 15) is 0 Å². The summed E-state index contributed by atoms with van der Waals surface area (Å²) in [4.78, 5) is 8.55. The molecule has 0 fully saturated rings. The van der Waals surface area contributed by atoms with Gasteiger partial charge in [0.05, 0.1) is 18.5 Å². The number of nitrogens with two attached hydrogens (primary N) is 2. The largest absolute Gasteiger partial charge is 0.481 e. The fourth-order valence-corrected chi connectivity index (χ4v) is 2.58. The molecule has 26 heavy (non-hydrogen) atoms. The molecule has 0 bridgehead atoms. The van der Waals surface area contributed by atoms with Gasteiger partial charge in [-0.3, -0.25) is 5.43 Å². The Morgan fingerprint density at radius 3 is 2.54 bits per heavy atom. The molecule has 6 N–H and O–H groups in total. The summed E-state index contributed by atoms with van der Waals surface area (Å²) in [5, 5.41) is 0.661. The number of ether oxygens (including phenoxy) is 1. The normalized spacial score (nSPS) is 10.4. The summed E-state index contributed by atoms with van der Waals surface area (Å²) in [5.41, 5.74) is 21.3. The maximum Gasteiger partial charge on any atom is 0.213 e. The molecule has 2 aromatic heterocycles. The third-order valence-corrected chi connectivity index (χ3v) is 3.94. The Morgan fingerprint density at radius 1 is 1.04 bits per heavy atom. The number of anilines is 4. The van der Waals surface area contributed by atoms with Crippen molar-refractivity contribution in [3.05, 3.63) is 64.8 Å². The summed E-state index contributed by atoms with van der Waals surface area (Å²) in [6.45, 7) is 0. The van der Waals surface area contributed by atoms with Crippen molar-refractivity contribution in [3.8, 4) is 5.88 Å². The maximum absolute atomic E-state index is 6.06. The number of hydrogen-bond donors (Lipinski definition) is 4. The smallest absolute Gasteiger partial charge is 0.213 e. The zero-order valence-electron chi connectivity index (χ0n) is 14.2. The Bertz CT molecular complexity index is 901. The van der Waals surface area contributed by atoms with Crippen molar-refractivity contribution >= 4 is 34.6 Å². The second kappa shape index (κ2) is 7.79. The van der Waals surface area contributed by atoms with E-state index in [2.05, 4.69) is 20.8 Å². The van der Waals surface area contributed by atoms with Crippen LogP contribution in [0.15, 0.2) is 48.5 Å². The van der Waals surface area contributed by atoms with Crippen molar-refractivity contribution in [2.75, 3.05) is 29.4 Å². The molecule has 3 rings (SSSR count). The van der Waals surface area contributed by atoms with Gasteiger partial charge in [0.25, 0.3) is 0 Å². The monoisotopic (exact) mass is 370 g/mol. The highest BCUT2D eigenvalue weighted by Gasteiger charge is 2.11. The molecule has 134 valence electrons. The lowest BCUT2D eigenvalue weighted by atomic mass is 10.1. The predicted molar refractivity (Wildman–Crippen MR) is 105 cm³/mol. The molecule has 7 nitrogen and oxygen atoms in total. The number of methoxy groups -OCH3 is 1. The van der Waals surface area contributed by atoms with Crippen LogP contribution in [0.2, 0.25) is 5.02 Å². The van der Waals surface area contributed by atoms with Gasteiger partial charge in [0.1, 0.15) is 5.82 Å². The fraction of sp³-hybridized carbons (Fsp3) is 0.111. The zero-order chi connectivity index (χ0) is 18.5. The maximum atomic E-state index is 6.06. The predicted octanol–water partition coefficient (Wildman–Crippen LogP) is 3.33. The number of hydrogen-bond acceptors (Lipinski definition) is 7. The second-order valence-electron chi connectivity index (χ2n) is 5.57. The van der Waals surface area contributed by atoms with Gasteiger partial charge in [-0.15, -0.1) is 0 Å². The zero-order valence-corrected chi connectivity index (χ0v) is 14.9. The van der Waals surface area contributed by atoms with E-state index in [1.54, 1.807) is 31.4 Å². The van der Waals surface area contributed by atoms with Crippen LogP contribution < -0.4 is 27.1 Å². The molecule has 0 atom stereocenters. The van der Waals surface area contributed by atoms with Gasteiger partial charge in [-0.1, -0.05) is 17.7 Å². The third-order valence-electron chi connectivity index (χ3n) is 3.69. The van der Waals surface area contributed by atoms with Crippen LogP contribution in [0.4, 0.5) is 23.0 Å². The number of pyridine rings is 2. The topological polar surface area (TPSA) is 111 Å². The van der Waals surface area contributed by atoms with E-state index < -0.39 is 0 Å². The first kappa shape index (κ1) is 17.6. The lowest BCUT2D eigenvalue weighted by molar-refractivity contribution is 0.396. The van der Waals surface area contributed by atoms with Crippen molar-refractivity contribution in [1.82, 2.24) is 9.97 Å². The molecule has 3 aromatic rings. The SMILES string of the molecule is COc1cccc(Cc2cc(N)nc(N)c2NNc2ccc(Cl)cc2)n1. The molecule has 2 heterocycles. The number of hydrazine groups is 1. The van der Waals surface area contributed by atoms with Crippen LogP contribution in [0, 0.1) is 0 Å². The molecule has 0 saturated carbocycles. The summed E-state index contributed by atoms with van der Waals surface area (Å²) >= 11 is 5.90. The molecule has 0 aliphatic rings. The van der Waals surface area contributed by atoms with E-state index in [1.165, 1.54) is 0 Å². The van der Waals surface area contributed by atoms with E-state index in [4.69, 9.17) is 27.8 Å². The number of aromatic nitrogens is 2. The summed E-state index contributed by atoms with van der Waals surface area (Å²) in [7, 11) is 1.58. The summed E-state index contributed by atoms with van der Waals surface area (Å²) in [5.74, 6) is 1.19. The van der Waals surface area contributed by atoms with Gasteiger partial charge >= 0.3 is 0 Å². The van der Waals surface area contributed by atoms with E-state index >= 15 is 0 Å². The Labute approximate surface area is 156 Å². The summed E-state index contributed by atoms with van der Waals surface area (Å²) in [6, 6.07) is 14.6. The van der Waals surface area contributed by atoms with Crippen molar-refractivity contribution in [1.29, 1.82) is 0 Å². The van der Waals surface area contributed by atoms with Crippen molar-refractivity contribution in [2.24, 2.45) is 0 Å². The van der Waals surface area contributed by atoms with Crippen LogP contribution >= 0.6 is 11.6 Å². The van der Waals surface area contributed by atoms with Crippen LogP contribution in [0.1, 0.15) is 11.3 Å².